The highest BCUT2D eigenvalue weighted by Crippen LogP contribution is 2.22. The molecule has 0 spiro atoms. The molecule has 0 fully saturated rings. The Balaban J connectivity index is 2.83. The standard InChI is InChI=1S/C17H27NO4S/c1-12(2)16(20)14-6-8-15(9-7-14)23(21,22)18-11-17(4,5)10-13(3)19/h6-9,12-13,18-19H,10-11H2,1-5H3/t13-/m0/s1. The quantitative estimate of drug-likeness (QED) is 0.712. The van der Waals surface area contributed by atoms with Crippen LogP contribution in [0.3, 0.4) is 0 Å². The van der Waals surface area contributed by atoms with Gasteiger partial charge in [0.05, 0.1) is 11.0 Å². The molecular weight excluding hydrogens is 314 g/mol. The van der Waals surface area contributed by atoms with Crippen molar-refractivity contribution in [1.29, 1.82) is 0 Å². The topological polar surface area (TPSA) is 83.5 Å². The second kappa shape index (κ2) is 7.55. The molecule has 0 saturated heterocycles. The Bertz CT molecular complexity index is 631. The average Bonchev–Trinajstić information content (AvgIpc) is 2.43. The average molecular weight is 341 g/mol. The molecule has 0 heterocycles. The maximum atomic E-state index is 12.3. The van der Waals surface area contributed by atoms with Gasteiger partial charge in [0.2, 0.25) is 10.0 Å². The lowest BCUT2D eigenvalue weighted by molar-refractivity contribution is 0.0939. The summed E-state index contributed by atoms with van der Waals surface area (Å²) >= 11 is 0. The van der Waals surface area contributed by atoms with Crippen molar-refractivity contribution in [2.75, 3.05) is 6.54 Å². The van der Waals surface area contributed by atoms with E-state index in [0.717, 1.165) is 0 Å². The van der Waals surface area contributed by atoms with Gasteiger partial charge in [-0.05, 0) is 30.9 Å². The minimum atomic E-state index is -3.63. The number of aliphatic hydroxyl groups is 1. The highest BCUT2D eigenvalue weighted by Gasteiger charge is 2.24. The van der Waals surface area contributed by atoms with Crippen LogP contribution in [-0.2, 0) is 10.0 Å². The molecule has 0 aliphatic heterocycles. The Kier molecular flexibility index (Phi) is 6.50. The molecular formula is C17H27NO4S. The van der Waals surface area contributed by atoms with Gasteiger partial charge in [0, 0.05) is 18.0 Å². The number of nitrogens with one attached hydrogen (secondary N) is 1. The van der Waals surface area contributed by atoms with Crippen LogP contribution in [0.15, 0.2) is 29.2 Å². The van der Waals surface area contributed by atoms with Crippen LogP contribution in [-0.4, -0.2) is 32.0 Å². The van der Waals surface area contributed by atoms with E-state index < -0.39 is 16.1 Å². The first-order valence-electron chi connectivity index (χ1n) is 7.76. The summed E-state index contributed by atoms with van der Waals surface area (Å²) in [6, 6.07) is 5.97. The van der Waals surface area contributed by atoms with E-state index in [1.165, 1.54) is 24.3 Å². The number of carbonyl (C=O) groups excluding carboxylic acids is 1. The number of Topliss-reactive ketones (excluding diaryl/α,β-unsaturated/α-hetero) is 1. The van der Waals surface area contributed by atoms with Crippen molar-refractivity contribution in [3.05, 3.63) is 29.8 Å². The molecule has 0 radical (unpaired) electrons. The van der Waals surface area contributed by atoms with Crippen molar-refractivity contribution in [3.63, 3.8) is 0 Å². The molecule has 2 N–H and O–H groups in total. The maximum Gasteiger partial charge on any atom is 0.240 e. The van der Waals surface area contributed by atoms with Gasteiger partial charge >= 0.3 is 0 Å². The lowest BCUT2D eigenvalue weighted by atomic mass is 9.87. The van der Waals surface area contributed by atoms with Gasteiger partial charge in [-0.15, -0.1) is 0 Å². The number of hydrogen-bond donors (Lipinski definition) is 2. The minimum absolute atomic E-state index is 0.0139. The lowest BCUT2D eigenvalue weighted by Gasteiger charge is -2.26. The molecule has 0 bridgehead atoms. The third-order valence-electron chi connectivity index (χ3n) is 3.56. The Hall–Kier alpha value is -1.24. The molecule has 6 heteroatoms. The minimum Gasteiger partial charge on any atom is -0.393 e. The molecule has 1 aromatic carbocycles. The summed E-state index contributed by atoms with van der Waals surface area (Å²) < 4.78 is 27.2. The molecule has 0 amide bonds. The van der Waals surface area contributed by atoms with Gasteiger partial charge in [-0.2, -0.15) is 0 Å². The largest absolute Gasteiger partial charge is 0.393 e. The Morgan fingerprint density at radius 1 is 1.17 bits per heavy atom. The predicted molar refractivity (Wildman–Crippen MR) is 90.9 cm³/mol. The molecule has 0 aliphatic rings. The summed E-state index contributed by atoms with van der Waals surface area (Å²) in [5.41, 5.74) is 0.155. The van der Waals surface area contributed by atoms with E-state index in [1.54, 1.807) is 20.8 Å². The summed E-state index contributed by atoms with van der Waals surface area (Å²) in [4.78, 5) is 12.0. The third-order valence-corrected chi connectivity index (χ3v) is 4.98. The van der Waals surface area contributed by atoms with E-state index in [2.05, 4.69) is 4.72 Å². The van der Waals surface area contributed by atoms with Gasteiger partial charge in [-0.1, -0.05) is 39.8 Å². The number of rotatable bonds is 8. The van der Waals surface area contributed by atoms with E-state index >= 15 is 0 Å². The van der Waals surface area contributed by atoms with Crippen LogP contribution in [0.4, 0.5) is 0 Å². The zero-order valence-electron chi connectivity index (χ0n) is 14.5. The predicted octanol–water partition coefficient (Wildman–Crippen LogP) is 2.60. The maximum absolute atomic E-state index is 12.3. The van der Waals surface area contributed by atoms with E-state index in [4.69, 9.17) is 0 Å². The summed E-state index contributed by atoms with van der Waals surface area (Å²) in [5.74, 6) is -0.142. The molecule has 23 heavy (non-hydrogen) atoms. The molecule has 1 atom stereocenters. The van der Waals surface area contributed by atoms with Crippen LogP contribution < -0.4 is 4.72 Å². The second-order valence-electron chi connectivity index (χ2n) is 7.09. The first kappa shape index (κ1) is 19.8. The lowest BCUT2D eigenvalue weighted by Crippen LogP contribution is -2.35. The molecule has 130 valence electrons. The van der Waals surface area contributed by atoms with Crippen LogP contribution in [0.25, 0.3) is 0 Å². The van der Waals surface area contributed by atoms with Crippen molar-refractivity contribution in [3.8, 4) is 0 Å². The smallest absolute Gasteiger partial charge is 0.240 e. The Labute approximate surface area is 139 Å². The van der Waals surface area contributed by atoms with Crippen LogP contribution in [0.1, 0.15) is 51.4 Å². The molecule has 5 nitrogen and oxygen atoms in total. The highest BCUT2D eigenvalue weighted by atomic mass is 32.2. The number of hydrogen-bond acceptors (Lipinski definition) is 4. The molecule has 0 saturated carbocycles. The first-order valence-corrected chi connectivity index (χ1v) is 9.25. The van der Waals surface area contributed by atoms with Crippen LogP contribution in [0.2, 0.25) is 0 Å². The fraction of sp³-hybridized carbons (Fsp3) is 0.588. The van der Waals surface area contributed by atoms with Crippen LogP contribution in [0, 0.1) is 11.3 Å². The fourth-order valence-electron chi connectivity index (χ4n) is 2.38. The Morgan fingerprint density at radius 2 is 1.70 bits per heavy atom. The zero-order valence-corrected chi connectivity index (χ0v) is 15.3. The van der Waals surface area contributed by atoms with Crippen molar-refractivity contribution < 1.29 is 18.3 Å². The normalized spacial score (nSPS) is 14.0. The summed E-state index contributed by atoms with van der Waals surface area (Å²) in [6.07, 6.45) is 0.00740. The first-order chi connectivity index (χ1) is 10.4. The van der Waals surface area contributed by atoms with Crippen LogP contribution in [0.5, 0.6) is 0 Å². The van der Waals surface area contributed by atoms with Gasteiger partial charge < -0.3 is 5.11 Å². The SMILES string of the molecule is CC(C)C(=O)c1ccc(S(=O)(=O)NCC(C)(C)C[C@H](C)O)cc1. The molecule has 0 unspecified atom stereocenters. The van der Waals surface area contributed by atoms with Gasteiger partial charge in [-0.25, -0.2) is 13.1 Å². The summed E-state index contributed by atoms with van der Waals surface area (Å²) in [5, 5.41) is 9.45. The summed E-state index contributed by atoms with van der Waals surface area (Å²) in [7, 11) is -3.63. The Morgan fingerprint density at radius 3 is 2.13 bits per heavy atom. The fourth-order valence-corrected chi connectivity index (χ4v) is 3.62. The summed E-state index contributed by atoms with van der Waals surface area (Å²) in [6.45, 7) is 9.31. The van der Waals surface area contributed by atoms with Crippen LogP contribution >= 0.6 is 0 Å². The molecule has 1 aromatic rings. The second-order valence-corrected chi connectivity index (χ2v) is 8.85. The van der Waals surface area contributed by atoms with Gasteiger partial charge in [0.15, 0.2) is 5.78 Å². The zero-order chi connectivity index (χ0) is 17.8. The third kappa shape index (κ3) is 6.05. The number of carbonyl (C=O) groups is 1. The number of aliphatic hydroxyl groups excluding tert-OH is 1. The van der Waals surface area contributed by atoms with E-state index in [-0.39, 0.29) is 28.6 Å². The van der Waals surface area contributed by atoms with Crippen molar-refractivity contribution in [2.45, 2.75) is 52.0 Å². The number of ketones is 1. The monoisotopic (exact) mass is 341 g/mol. The van der Waals surface area contributed by atoms with E-state index in [9.17, 15) is 18.3 Å². The molecule has 0 aliphatic carbocycles. The van der Waals surface area contributed by atoms with Gasteiger partial charge in [0.1, 0.15) is 0 Å². The van der Waals surface area contributed by atoms with E-state index in [0.29, 0.717) is 12.0 Å². The molecule has 0 aromatic heterocycles. The number of sulfonamides is 1. The van der Waals surface area contributed by atoms with Gasteiger partial charge in [0.25, 0.3) is 0 Å². The van der Waals surface area contributed by atoms with Gasteiger partial charge in [-0.3, -0.25) is 4.79 Å². The number of benzene rings is 1. The van der Waals surface area contributed by atoms with Crippen molar-refractivity contribution in [1.82, 2.24) is 4.72 Å². The molecule has 1 rings (SSSR count). The van der Waals surface area contributed by atoms with Crippen molar-refractivity contribution in [2.24, 2.45) is 11.3 Å². The van der Waals surface area contributed by atoms with Crippen molar-refractivity contribution >= 4 is 15.8 Å². The van der Waals surface area contributed by atoms with E-state index in [1.807, 2.05) is 13.8 Å². The highest BCUT2D eigenvalue weighted by molar-refractivity contribution is 7.89.